The molecule has 1 heteroatoms. The number of nitrogens with zero attached hydrogens (tertiary/aromatic N) is 1. The highest BCUT2D eigenvalue weighted by molar-refractivity contribution is 6.19. The Bertz CT molecular complexity index is 2020. The molecule has 214 valence electrons. The SMILES string of the molecule is C=CCC(/C=C\CC)c1c2ccccc2c(-c2cccc3c(-c4ccc(C5C=CN=CC5)cc4)cccc23)c2ccccc12. The molecule has 0 fully saturated rings. The van der Waals surface area contributed by atoms with Gasteiger partial charge in [0.15, 0.2) is 0 Å². The van der Waals surface area contributed by atoms with Crippen LogP contribution in [-0.2, 0) is 0 Å². The minimum atomic E-state index is 0.273. The van der Waals surface area contributed by atoms with Gasteiger partial charge in [-0.1, -0.05) is 140 Å². The molecular weight excluding hydrogens is 530 g/mol. The molecule has 0 spiro atoms. The second-order valence-electron chi connectivity index (χ2n) is 11.7. The van der Waals surface area contributed by atoms with Gasteiger partial charge in [-0.3, -0.25) is 4.99 Å². The number of allylic oxidation sites excluding steroid dienone is 4. The molecule has 0 saturated heterocycles. The highest BCUT2D eigenvalue weighted by Gasteiger charge is 2.21. The highest BCUT2D eigenvalue weighted by Crippen LogP contribution is 2.45. The molecule has 0 radical (unpaired) electrons. The lowest BCUT2D eigenvalue weighted by molar-refractivity contribution is 0.876. The first kappa shape index (κ1) is 27.8. The summed E-state index contributed by atoms with van der Waals surface area (Å²) < 4.78 is 0. The Morgan fingerprint density at radius 1 is 0.727 bits per heavy atom. The predicted octanol–water partition coefficient (Wildman–Crippen LogP) is 12.2. The lowest BCUT2D eigenvalue weighted by atomic mass is 9.81. The second-order valence-corrected chi connectivity index (χ2v) is 11.7. The van der Waals surface area contributed by atoms with Crippen LogP contribution in [0.4, 0.5) is 0 Å². The third-order valence-electron chi connectivity index (χ3n) is 9.08. The van der Waals surface area contributed by atoms with Crippen molar-refractivity contribution in [1.82, 2.24) is 0 Å². The van der Waals surface area contributed by atoms with Crippen LogP contribution < -0.4 is 0 Å². The predicted molar refractivity (Wildman–Crippen MR) is 192 cm³/mol. The molecule has 7 rings (SSSR count). The molecule has 0 saturated carbocycles. The first-order chi connectivity index (χ1) is 21.8. The van der Waals surface area contributed by atoms with E-state index in [1.165, 1.54) is 65.7 Å². The molecule has 1 heterocycles. The van der Waals surface area contributed by atoms with E-state index in [2.05, 4.69) is 152 Å². The van der Waals surface area contributed by atoms with Crippen molar-refractivity contribution in [2.45, 2.75) is 38.0 Å². The summed E-state index contributed by atoms with van der Waals surface area (Å²) >= 11 is 0. The number of hydrogen-bond acceptors (Lipinski definition) is 1. The minimum Gasteiger partial charge on any atom is -0.269 e. The number of aliphatic imine (C=N–C) groups is 1. The van der Waals surface area contributed by atoms with Gasteiger partial charge < -0.3 is 0 Å². The largest absolute Gasteiger partial charge is 0.269 e. The Morgan fingerprint density at radius 2 is 1.34 bits per heavy atom. The van der Waals surface area contributed by atoms with Gasteiger partial charge >= 0.3 is 0 Å². The zero-order valence-electron chi connectivity index (χ0n) is 25.3. The van der Waals surface area contributed by atoms with Crippen molar-refractivity contribution in [2.24, 2.45) is 4.99 Å². The van der Waals surface area contributed by atoms with Crippen LogP contribution in [-0.4, -0.2) is 6.21 Å². The van der Waals surface area contributed by atoms with Crippen LogP contribution in [0.1, 0.15) is 49.1 Å². The van der Waals surface area contributed by atoms with Crippen molar-refractivity contribution < 1.29 is 0 Å². The van der Waals surface area contributed by atoms with Crippen molar-refractivity contribution in [1.29, 1.82) is 0 Å². The molecule has 6 aromatic rings. The van der Waals surface area contributed by atoms with Crippen LogP contribution in [0.3, 0.4) is 0 Å². The lowest BCUT2D eigenvalue weighted by Gasteiger charge is -2.22. The summed E-state index contributed by atoms with van der Waals surface area (Å²) in [5.41, 5.74) is 7.81. The van der Waals surface area contributed by atoms with Gasteiger partial charge in [0.2, 0.25) is 0 Å². The molecule has 2 unspecified atom stereocenters. The molecular formula is C43H37N. The average Bonchev–Trinajstić information content (AvgIpc) is 3.09. The van der Waals surface area contributed by atoms with Crippen LogP contribution in [0, 0.1) is 0 Å². The second kappa shape index (κ2) is 12.3. The zero-order valence-corrected chi connectivity index (χ0v) is 25.3. The quantitative estimate of drug-likeness (QED) is 0.128. The van der Waals surface area contributed by atoms with Gasteiger partial charge in [0, 0.05) is 24.3 Å². The Morgan fingerprint density at radius 3 is 1.95 bits per heavy atom. The van der Waals surface area contributed by atoms with E-state index in [1.54, 1.807) is 0 Å². The third kappa shape index (κ3) is 4.99. The van der Waals surface area contributed by atoms with Crippen molar-refractivity contribution in [2.75, 3.05) is 0 Å². The van der Waals surface area contributed by atoms with E-state index in [0.717, 1.165) is 19.3 Å². The van der Waals surface area contributed by atoms with E-state index in [-0.39, 0.29) is 5.92 Å². The highest BCUT2D eigenvalue weighted by atomic mass is 14.7. The van der Waals surface area contributed by atoms with E-state index in [0.29, 0.717) is 5.92 Å². The molecule has 1 aliphatic heterocycles. The van der Waals surface area contributed by atoms with Crippen LogP contribution in [0.5, 0.6) is 0 Å². The Hall–Kier alpha value is -5.01. The molecule has 6 aromatic carbocycles. The standard InChI is InChI=1S/C43H37N/c1-3-5-13-33(12-4-2)42-38-14-6-8-16-40(38)43(41-17-9-7-15-39(41)42)37-21-11-19-35-34(18-10-20-36(35)37)32-24-22-30(23-25-32)31-26-28-44-29-27-31/h4-11,13-26,28-29,31,33H,2-3,12,27H2,1H3/b13-5-. The molecule has 44 heavy (non-hydrogen) atoms. The Labute approximate surface area is 260 Å². The molecule has 1 nitrogen and oxygen atoms in total. The van der Waals surface area contributed by atoms with Crippen molar-refractivity contribution in [3.8, 4) is 22.3 Å². The zero-order chi connectivity index (χ0) is 29.9. The van der Waals surface area contributed by atoms with Crippen LogP contribution in [0.15, 0.2) is 151 Å². The topological polar surface area (TPSA) is 12.4 Å². The van der Waals surface area contributed by atoms with Crippen molar-refractivity contribution in [3.05, 3.63) is 157 Å². The van der Waals surface area contributed by atoms with Gasteiger partial charge in [-0.2, -0.15) is 0 Å². The average molecular weight is 568 g/mol. The fraction of sp³-hybridized carbons (Fsp3) is 0.140. The van der Waals surface area contributed by atoms with Crippen LogP contribution in [0.25, 0.3) is 54.6 Å². The molecule has 2 atom stereocenters. The Kier molecular flexibility index (Phi) is 7.78. The third-order valence-corrected chi connectivity index (χ3v) is 9.08. The van der Waals surface area contributed by atoms with Crippen molar-refractivity contribution >= 4 is 38.5 Å². The molecule has 0 bridgehead atoms. The van der Waals surface area contributed by atoms with E-state index in [9.17, 15) is 0 Å². The van der Waals surface area contributed by atoms with Gasteiger partial charge in [0.25, 0.3) is 0 Å². The molecule has 0 aliphatic carbocycles. The molecule has 0 amide bonds. The summed E-state index contributed by atoms with van der Waals surface area (Å²) in [4.78, 5) is 4.24. The van der Waals surface area contributed by atoms with E-state index < -0.39 is 0 Å². The van der Waals surface area contributed by atoms with Gasteiger partial charge in [-0.15, -0.1) is 6.58 Å². The maximum Gasteiger partial charge on any atom is 0.0230 e. The summed E-state index contributed by atoms with van der Waals surface area (Å²) in [6, 6.07) is 40.6. The fourth-order valence-electron chi connectivity index (χ4n) is 7.03. The summed E-state index contributed by atoms with van der Waals surface area (Å²) in [6.07, 6.45) is 15.7. The summed E-state index contributed by atoms with van der Waals surface area (Å²) in [7, 11) is 0. The maximum atomic E-state index is 4.24. The number of benzene rings is 6. The normalized spacial score (nSPS) is 15.4. The smallest absolute Gasteiger partial charge is 0.0230 e. The maximum absolute atomic E-state index is 4.24. The fourth-order valence-corrected chi connectivity index (χ4v) is 7.03. The monoisotopic (exact) mass is 567 g/mol. The molecule has 1 aliphatic rings. The summed E-state index contributed by atoms with van der Waals surface area (Å²) in [5.74, 6) is 0.670. The molecule has 0 aromatic heterocycles. The first-order valence-electron chi connectivity index (χ1n) is 15.8. The molecule has 0 N–H and O–H groups in total. The van der Waals surface area contributed by atoms with Gasteiger partial charge in [-0.05, 0) is 85.0 Å². The van der Waals surface area contributed by atoms with Crippen molar-refractivity contribution in [3.63, 3.8) is 0 Å². The van der Waals surface area contributed by atoms with Gasteiger partial charge in [0.05, 0.1) is 0 Å². The first-order valence-corrected chi connectivity index (χ1v) is 15.8. The van der Waals surface area contributed by atoms with E-state index >= 15 is 0 Å². The van der Waals surface area contributed by atoms with Gasteiger partial charge in [0.1, 0.15) is 0 Å². The number of rotatable bonds is 8. The lowest BCUT2D eigenvalue weighted by Crippen LogP contribution is -2.00. The Balaban J connectivity index is 1.44. The number of fused-ring (bicyclic) bond motifs is 3. The van der Waals surface area contributed by atoms with E-state index in [1.807, 2.05) is 12.4 Å². The van der Waals surface area contributed by atoms with Gasteiger partial charge in [-0.25, -0.2) is 0 Å². The van der Waals surface area contributed by atoms with Crippen LogP contribution in [0.2, 0.25) is 0 Å². The van der Waals surface area contributed by atoms with Crippen LogP contribution >= 0.6 is 0 Å². The summed E-state index contributed by atoms with van der Waals surface area (Å²) in [6.45, 7) is 6.31. The van der Waals surface area contributed by atoms with E-state index in [4.69, 9.17) is 0 Å². The minimum absolute atomic E-state index is 0.273. The summed E-state index contributed by atoms with van der Waals surface area (Å²) in [5, 5.41) is 7.78. The number of hydrogen-bond donors (Lipinski definition) is 0.